The molecule has 1 nitrogen and oxygen atoms in total. The zero-order valence-electron chi connectivity index (χ0n) is 5.52. The summed E-state index contributed by atoms with van der Waals surface area (Å²) in [6.07, 6.45) is 7.58. The van der Waals surface area contributed by atoms with E-state index in [0.717, 1.165) is 0 Å². The van der Waals surface area contributed by atoms with Crippen molar-refractivity contribution in [1.82, 2.24) is 0 Å². The second-order valence-electron chi connectivity index (χ2n) is 2.50. The molecule has 46 valence electrons. The first-order chi connectivity index (χ1) is 3.93. The molecule has 1 fully saturated rings. The summed E-state index contributed by atoms with van der Waals surface area (Å²) in [6.45, 7) is 0. The molecule has 0 aliphatic heterocycles. The second kappa shape index (κ2) is 3.59. The van der Waals surface area contributed by atoms with E-state index in [1.165, 1.54) is 32.1 Å². The predicted octanol–water partition coefficient (Wildman–Crippen LogP) is 0.884. The summed E-state index contributed by atoms with van der Waals surface area (Å²) >= 11 is 0.620. The van der Waals surface area contributed by atoms with Gasteiger partial charge in [0.2, 0.25) is 0 Å². The van der Waals surface area contributed by atoms with Gasteiger partial charge in [-0.15, -0.1) is 0 Å². The van der Waals surface area contributed by atoms with E-state index in [0.29, 0.717) is 25.1 Å². The topological polar surface area (TPSA) is 9.23 Å². The van der Waals surface area contributed by atoms with Gasteiger partial charge in [0.1, 0.15) is 0 Å². The summed E-state index contributed by atoms with van der Waals surface area (Å²) in [6, 6.07) is 0. The maximum absolute atomic E-state index is 5.38. The fourth-order valence-electron chi connectivity index (χ4n) is 1.30. The van der Waals surface area contributed by atoms with Gasteiger partial charge in [-0.05, 0) is 0 Å². The molecule has 2 heteroatoms. The van der Waals surface area contributed by atoms with E-state index in [1.54, 1.807) is 0 Å². The van der Waals surface area contributed by atoms with Crippen LogP contribution in [0.2, 0.25) is 0 Å². The van der Waals surface area contributed by atoms with Crippen LogP contribution < -0.4 is 0 Å². The Labute approximate surface area is 61.1 Å². The van der Waals surface area contributed by atoms with Crippen LogP contribution in [0, 0.1) is 0 Å². The van der Waals surface area contributed by atoms with Crippen LogP contribution in [-0.4, -0.2) is 25.1 Å². The van der Waals surface area contributed by atoms with Gasteiger partial charge in [0.15, 0.2) is 0 Å². The first kappa shape index (κ1) is 6.71. The van der Waals surface area contributed by atoms with E-state index in [4.69, 9.17) is 3.53 Å². The standard InChI is InChI=1S/C6H11O.Ga.2H/c7-6-4-2-1-3-5-6;;;/h6H,1-5H2;;;/q-1;+1;;. The van der Waals surface area contributed by atoms with Crippen molar-refractivity contribution in [2.75, 3.05) is 0 Å². The third-order valence-electron chi connectivity index (χ3n) is 1.89. The normalized spacial score (nSPS) is 23.5. The van der Waals surface area contributed by atoms with Gasteiger partial charge in [-0.3, -0.25) is 0 Å². The van der Waals surface area contributed by atoms with E-state index < -0.39 is 0 Å². The minimum atomic E-state index is 0.620. The van der Waals surface area contributed by atoms with E-state index in [9.17, 15) is 0 Å². The average Bonchev–Trinajstić information content (AvgIpc) is 1.90. The Bertz CT molecular complexity index is 59.5. The number of hydrogen-bond donors (Lipinski definition) is 0. The molecule has 0 saturated heterocycles. The summed E-state index contributed by atoms with van der Waals surface area (Å²) in [5.41, 5.74) is 0. The molecule has 1 aliphatic carbocycles. The van der Waals surface area contributed by atoms with E-state index >= 15 is 0 Å². The van der Waals surface area contributed by atoms with Gasteiger partial charge in [-0.1, -0.05) is 0 Å². The Hall–Kier alpha value is 0.596. The maximum atomic E-state index is 5.38. The second-order valence-corrected chi connectivity index (χ2v) is 3.48. The minimum absolute atomic E-state index is 0.620. The molecular weight excluding hydrogens is 158 g/mol. The zero-order chi connectivity index (χ0) is 5.82. The van der Waals surface area contributed by atoms with Crippen molar-refractivity contribution in [3.63, 3.8) is 0 Å². The van der Waals surface area contributed by atoms with Crippen LogP contribution in [-0.2, 0) is 3.53 Å². The monoisotopic (exact) mass is 170 g/mol. The zero-order valence-corrected chi connectivity index (χ0v) is 9.72. The summed E-state index contributed by atoms with van der Waals surface area (Å²) in [5.74, 6) is 0. The van der Waals surface area contributed by atoms with Gasteiger partial charge in [0, 0.05) is 0 Å². The predicted molar refractivity (Wildman–Crippen MR) is 36.5 cm³/mol. The van der Waals surface area contributed by atoms with E-state index in [2.05, 4.69) is 0 Å². The molecule has 8 heavy (non-hydrogen) atoms. The molecule has 0 radical (unpaired) electrons. The van der Waals surface area contributed by atoms with Crippen LogP contribution in [0.4, 0.5) is 0 Å². The molecule has 0 heterocycles. The van der Waals surface area contributed by atoms with Gasteiger partial charge >= 0.3 is 60.7 Å². The first-order valence-electron chi connectivity index (χ1n) is 3.46. The molecule has 0 N–H and O–H groups in total. The van der Waals surface area contributed by atoms with Gasteiger partial charge < -0.3 is 0 Å². The Morgan fingerprint density at radius 2 is 1.75 bits per heavy atom. The van der Waals surface area contributed by atoms with Crippen LogP contribution in [0.5, 0.6) is 0 Å². The molecule has 0 bridgehead atoms. The SMILES string of the molecule is [GaH2][O]C1CCCCC1. The summed E-state index contributed by atoms with van der Waals surface area (Å²) < 4.78 is 5.38. The van der Waals surface area contributed by atoms with Crippen LogP contribution in [0.15, 0.2) is 0 Å². The van der Waals surface area contributed by atoms with Crippen molar-refractivity contribution in [2.45, 2.75) is 38.2 Å². The van der Waals surface area contributed by atoms with Crippen LogP contribution >= 0.6 is 0 Å². The van der Waals surface area contributed by atoms with Crippen molar-refractivity contribution in [3.8, 4) is 0 Å². The average molecular weight is 171 g/mol. The quantitative estimate of drug-likeness (QED) is 0.532. The van der Waals surface area contributed by atoms with Gasteiger partial charge in [-0.25, -0.2) is 0 Å². The van der Waals surface area contributed by atoms with Crippen LogP contribution in [0.25, 0.3) is 0 Å². The molecule has 0 amide bonds. The van der Waals surface area contributed by atoms with Crippen molar-refractivity contribution < 1.29 is 3.53 Å². The summed E-state index contributed by atoms with van der Waals surface area (Å²) in [7, 11) is 0. The Morgan fingerprint density at radius 1 is 1.12 bits per heavy atom. The Kier molecular flexibility index (Phi) is 3.01. The molecular formula is C6H13GaO. The van der Waals surface area contributed by atoms with Gasteiger partial charge in [0.25, 0.3) is 0 Å². The van der Waals surface area contributed by atoms with Crippen LogP contribution in [0.1, 0.15) is 32.1 Å². The number of hydrogen-bond acceptors (Lipinski definition) is 1. The number of rotatable bonds is 1. The fraction of sp³-hybridized carbons (Fsp3) is 1.00. The molecule has 0 unspecified atom stereocenters. The van der Waals surface area contributed by atoms with Crippen LogP contribution in [0.3, 0.4) is 0 Å². The first-order valence-corrected chi connectivity index (χ1v) is 5.17. The van der Waals surface area contributed by atoms with Gasteiger partial charge in [-0.2, -0.15) is 0 Å². The van der Waals surface area contributed by atoms with Crippen molar-refractivity contribution >= 4 is 19.0 Å². The Balaban J connectivity index is 2.13. The molecule has 0 aromatic heterocycles. The van der Waals surface area contributed by atoms with Crippen molar-refractivity contribution in [1.29, 1.82) is 0 Å². The fourth-order valence-corrected chi connectivity index (χ4v) is 2.29. The van der Waals surface area contributed by atoms with E-state index in [1.807, 2.05) is 0 Å². The third-order valence-corrected chi connectivity index (χ3v) is 3.28. The molecule has 1 aliphatic rings. The molecule has 0 aromatic carbocycles. The van der Waals surface area contributed by atoms with Gasteiger partial charge in [0.05, 0.1) is 0 Å². The third kappa shape index (κ3) is 1.84. The van der Waals surface area contributed by atoms with E-state index in [-0.39, 0.29) is 0 Å². The summed E-state index contributed by atoms with van der Waals surface area (Å²) in [5, 5.41) is 0. The Morgan fingerprint density at radius 3 is 2.12 bits per heavy atom. The molecule has 1 saturated carbocycles. The molecule has 0 spiro atoms. The van der Waals surface area contributed by atoms with Crippen molar-refractivity contribution in [3.05, 3.63) is 0 Å². The summed E-state index contributed by atoms with van der Waals surface area (Å²) in [4.78, 5) is 0. The molecule has 0 aromatic rings. The molecule has 0 atom stereocenters. The van der Waals surface area contributed by atoms with Crippen molar-refractivity contribution in [2.24, 2.45) is 0 Å². The molecule has 1 rings (SSSR count).